The van der Waals surface area contributed by atoms with Gasteiger partial charge in [0.15, 0.2) is 0 Å². The molecule has 0 aliphatic rings. The Kier molecular flexibility index (Phi) is 5.79. The van der Waals surface area contributed by atoms with Crippen molar-refractivity contribution in [2.24, 2.45) is 11.7 Å². The monoisotopic (exact) mass is 350 g/mol. The van der Waals surface area contributed by atoms with Crippen LogP contribution < -0.4 is 15.2 Å². The minimum Gasteiger partial charge on any atom is -0.496 e. The zero-order valence-corrected chi connectivity index (χ0v) is 13.6. The van der Waals surface area contributed by atoms with E-state index in [2.05, 4.69) is 20.7 Å². The maximum atomic E-state index is 12.1. The van der Waals surface area contributed by atoms with Crippen molar-refractivity contribution in [3.63, 3.8) is 0 Å². The van der Waals surface area contributed by atoms with Gasteiger partial charge in [-0.15, -0.1) is 0 Å². The van der Waals surface area contributed by atoms with Crippen LogP contribution in [0, 0.1) is 5.92 Å². The van der Waals surface area contributed by atoms with Gasteiger partial charge < -0.3 is 10.5 Å². The average Bonchev–Trinajstić information content (AvgIpc) is 2.35. The minimum absolute atomic E-state index is 0.177. The van der Waals surface area contributed by atoms with Crippen LogP contribution >= 0.6 is 15.9 Å². The molecule has 5 nitrogen and oxygen atoms in total. The maximum absolute atomic E-state index is 12.1. The molecule has 0 heterocycles. The summed E-state index contributed by atoms with van der Waals surface area (Å²) in [5.74, 6) is 0.795. The van der Waals surface area contributed by atoms with Gasteiger partial charge in [-0.05, 0) is 40.0 Å². The summed E-state index contributed by atoms with van der Waals surface area (Å²) in [5, 5.41) is 0. The van der Waals surface area contributed by atoms with Crippen molar-refractivity contribution in [1.29, 1.82) is 0 Å². The third-order valence-electron chi connectivity index (χ3n) is 2.80. The molecule has 0 amide bonds. The van der Waals surface area contributed by atoms with Gasteiger partial charge in [-0.1, -0.05) is 13.8 Å². The number of hydrogen-bond acceptors (Lipinski definition) is 4. The van der Waals surface area contributed by atoms with Gasteiger partial charge in [-0.25, -0.2) is 13.1 Å². The molecular formula is C12H19BrN2O3S. The molecule has 0 radical (unpaired) electrons. The number of benzene rings is 1. The van der Waals surface area contributed by atoms with Crippen LogP contribution in [0.25, 0.3) is 0 Å². The molecular weight excluding hydrogens is 332 g/mol. The van der Waals surface area contributed by atoms with E-state index >= 15 is 0 Å². The summed E-state index contributed by atoms with van der Waals surface area (Å²) in [4.78, 5) is 0.177. The molecule has 3 N–H and O–H groups in total. The molecule has 0 bridgehead atoms. The fraction of sp³-hybridized carbons (Fsp3) is 0.500. The Hall–Kier alpha value is -0.630. The van der Waals surface area contributed by atoms with E-state index in [0.717, 1.165) is 0 Å². The summed E-state index contributed by atoms with van der Waals surface area (Å²) in [6, 6.07) is 4.38. The summed E-state index contributed by atoms with van der Waals surface area (Å²) >= 11 is 3.26. The normalized spacial score (nSPS) is 13.6. The lowest BCUT2D eigenvalue weighted by Gasteiger charge is -2.16. The van der Waals surface area contributed by atoms with E-state index in [1.165, 1.54) is 19.2 Å². The van der Waals surface area contributed by atoms with Crippen molar-refractivity contribution in [2.45, 2.75) is 24.8 Å². The second-order valence-corrected chi connectivity index (χ2v) is 7.18. The third kappa shape index (κ3) is 4.45. The zero-order chi connectivity index (χ0) is 14.6. The quantitative estimate of drug-likeness (QED) is 0.818. The van der Waals surface area contributed by atoms with Crippen molar-refractivity contribution < 1.29 is 13.2 Å². The van der Waals surface area contributed by atoms with Gasteiger partial charge in [0.1, 0.15) is 5.75 Å². The topological polar surface area (TPSA) is 81.4 Å². The Morgan fingerprint density at radius 1 is 1.42 bits per heavy atom. The van der Waals surface area contributed by atoms with E-state index in [1.54, 1.807) is 6.07 Å². The van der Waals surface area contributed by atoms with Crippen molar-refractivity contribution >= 4 is 26.0 Å². The van der Waals surface area contributed by atoms with Crippen LogP contribution in [0.2, 0.25) is 0 Å². The summed E-state index contributed by atoms with van der Waals surface area (Å²) in [7, 11) is -2.03. The summed E-state index contributed by atoms with van der Waals surface area (Å²) in [5.41, 5.74) is 5.82. The molecule has 19 heavy (non-hydrogen) atoms. The fourth-order valence-corrected chi connectivity index (χ4v) is 3.13. The summed E-state index contributed by atoms with van der Waals surface area (Å²) < 4.78 is 32.3. The molecule has 1 aromatic rings. The van der Waals surface area contributed by atoms with Gasteiger partial charge in [0.25, 0.3) is 0 Å². The molecule has 1 rings (SSSR count). The number of methoxy groups -OCH3 is 1. The lowest BCUT2D eigenvalue weighted by atomic mass is 10.1. The van der Waals surface area contributed by atoms with Crippen LogP contribution in [0.4, 0.5) is 0 Å². The highest BCUT2D eigenvalue weighted by atomic mass is 79.9. The van der Waals surface area contributed by atoms with E-state index < -0.39 is 10.0 Å². The van der Waals surface area contributed by atoms with Crippen LogP contribution in [0.1, 0.15) is 13.8 Å². The Balaban J connectivity index is 2.86. The van der Waals surface area contributed by atoms with Crippen molar-refractivity contribution in [3.05, 3.63) is 22.7 Å². The van der Waals surface area contributed by atoms with Gasteiger partial charge in [0, 0.05) is 12.6 Å². The molecule has 1 unspecified atom stereocenters. The Morgan fingerprint density at radius 3 is 2.53 bits per heavy atom. The van der Waals surface area contributed by atoms with Crippen LogP contribution in [-0.4, -0.2) is 28.1 Å². The van der Waals surface area contributed by atoms with Crippen LogP contribution in [0.3, 0.4) is 0 Å². The molecule has 1 atom stereocenters. The maximum Gasteiger partial charge on any atom is 0.240 e. The highest BCUT2D eigenvalue weighted by Gasteiger charge is 2.18. The zero-order valence-electron chi connectivity index (χ0n) is 11.2. The number of hydrogen-bond donors (Lipinski definition) is 2. The number of nitrogens with two attached hydrogens (primary N) is 1. The molecule has 108 valence electrons. The smallest absolute Gasteiger partial charge is 0.240 e. The standard InChI is InChI=1S/C12H19BrN2O3S/c1-8(2)11(14)7-15-19(16,17)9-4-5-12(18-3)10(13)6-9/h4-6,8,11,15H,7,14H2,1-3H3. The number of rotatable bonds is 6. The second kappa shape index (κ2) is 6.69. The van der Waals surface area contributed by atoms with Crippen molar-refractivity contribution in [3.8, 4) is 5.75 Å². The van der Waals surface area contributed by atoms with E-state index in [0.29, 0.717) is 10.2 Å². The van der Waals surface area contributed by atoms with Crippen molar-refractivity contribution in [2.75, 3.05) is 13.7 Å². The van der Waals surface area contributed by atoms with Crippen LogP contribution in [-0.2, 0) is 10.0 Å². The van der Waals surface area contributed by atoms with Gasteiger partial charge in [-0.3, -0.25) is 0 Å². The van der Waals surface area contributed by atoms with Gasteiger partial charge in [-0.2, -0.15) is 0 Å². The fourth-order valence-electron chi connectivity index (χ4n) is 1.34. The molecule has 0 fully saturated rings. The van der Waals surface area contributed by atoms with E-state index in [4.69, 9.17) is 10.5 Å². The number of nitrogens with one attached hydrogen (secondary N) is 1. The molecule has 0 saturated carbocycles. The molecule has 0 aromatic heterocycles. The average molecular weight is 351 g/mol. The first-order chi connectivity index (χ1) is 8.77. The molecule has 0 aliphatic heterocycles. The first-order valence-electron chi connectivity index (χ1n) is 5.86. The Morgan fingerprint density at radius 2 is 2.05 bits per heavy atom. The summed E-state index contributed by atoms with van der Waals surface area (Å²) in [6.07, 6.45) is 0. The molecule has 0 saturated heterocycles. The molecule has 1 aromatic carbocycles. The summed E-state index contributed by atoms with van der Waals surface area (Å²) in [6.45, 7) is 4.11. The second-order valence-electron chi connectivity index (χ2n) is 4.56. The van der Waals surface area contributed by atoms with Crippen LogP contribution in [0.15, 0.2) is 27.6 Å². The highest BCUT2D eigenvalue weighted by molar-refractivity contribution is 9.10. The van der Waals surface area contributed by atoms with E-state index in [1.807, 2.05) is 13.8 Å². The Bertz CT molecular complexity index is 532. The van der Waals surface area contributed by atoms with E-state index in [-0.39, 0.29) is 23.4 Å². The van der Waals surface area contributed by atoms with Gasteiger partial charge in [0.05, 0.1) is 16.5 Å². The number of halogens is 1. The third-order valence-corrected chi connectivity index (χ3v) is 4.84. The van der Waals surface area contributed by atoms with Crippen LogP contribution in [0.5, 0.6) is 5.75 Å². The van der Waals surface area contributed by atoms with Crippen molar-refractivity contribution in [1.82, 2.24) is 4.72 Å². The first-order valence-corrected chi connectivity index (χ1v) is 8.14. The number of ether oxygens (including phenoxy) is 1. The SMILES string of the molecule is COc1ccc(S(=O)(=O)NCC(N)C(C)C)cc1Br. The lowest BCUT2D eigenvalue weighted by Crippen LogP contribution is -2.40. The van der Waals surface area contributed by atoms with Gasteiger partial charge in [0.2, 0.25) is 10.0 Å². The lowest BCUT2D eigenvalue weighted by molar-refractivity contribution is 0.411. The molecule has 7 heteroatoms. The predicted molar refractivity (Wildman–Crippen MR) is 78.7 cm³/mol. The Labute approximate surface area is 122 Å². The highest BCUT2D eigenvalue weighted by Crippen LogP contribution is 2.27. The predicted octanol–water partition coefficient (Wildman–Crippen LogP) is 1.72. The first kappa shape index (κ1) is 16.4. The largest absolute Gasteiger partial charge is 0.496 e. The molecule has 0 spiro atoms. The molecule has 0 aliphatic carbocycles. The number of sulfonamides is 1. The van der Waals surface area contributed by atoms with Gasteiger partial charge >= 0.3 is 0 Å². The minimum atomic E-state index is -3.55. The van der Waals surface area contributed by atoms with E-state index in [9.17, 15) is 8.42 Å².